The molecule has 0 N–H and O–H groups in total. The van der Waals surface area contributed by atoms with Crippen LogP contribution in [0.25, 0.3) is 0 Å². The van der Waals surface area contributed by atoms with E-state index in [1.54, 1.807) is 25.7 Å². The highest BCUT2D eigenvalue weighted by Crippen LogP contribution is 2.43. The summed E-state index contributed by atoms with van der Waals surface area (Å²) < 4.78 is 0. The van der Waals surface area contributed by atoms with E-state index in [4.69, 9.17) is 0 Å². The minimum atomic E-state index is 1.04. The standard InChI is InChI=1S/C10H18/c1-8-5-6-9-3-2-4-10(9)7-8/h8-10H,2-7H2,1H3/t8-,9+,10?/m1/s1. The summed E-state index contributed by atoms with van der Waals surface area (Å²) in [5, 5.41) is 0. The second kappa shape index (κ2) is 2.56. The molecule has 2 aliphatic carbocycles. The molecule has 0 aliphatic heterocycles. The molecule has 2 fully saturated rings. The highest BCUT2D eigenvalue weighted by atomic mass is 14.4. The maximum absolute atomic E-state index is 2.43. The molecule has 2 saturated carbocycles. The maximum atomic E-state index is 2.43. The normalized spacial score (nSPS) is 47.1. The summed E-state index contributed by atoms with van der Waals surface area (Å²) in [5.74, 6) is 3.33. The molecule has 0 heterocycles. The fourth-order valence-electron chi connectivity index (χ4n) is 2.94. The van der Waals surface area contributed by atoms with Gasteiger partial charge < -0.3 is 0 Å². The summed E-state index contributed by atoms with van der Waals surface area (Å²) in [5.41, 5.74) is 0. The number of hydrogen-bond acceptors (Lipinski definition) is 0. The molecule has 0 amide bonds. The van der Waals surface area contributed by atoms with Gasteiger partial charge in [-0.25, -0.2) is 0 Å². The van der Waals surface area contributed by atoms with Crippen molar-refractivity contribution in [1.82, 2.24) is 0 Å². The first kappa shape index (κ1) is 6.69. The molecular weight excluding hydrogens is 120 g/mol. The lowest BCUT2D eigenvalue weighted by Gasteiger charge is -2.29. The Kier molecular flexibility index (Phi) is 1.71. The molecule has 0 nitrogen and oxygen atoms in total. The van der Waals surface area contributed by atoms with Crippen LogP contribution in [0.1, 0.15) is 45.4 Å². The van der Waals surface area contributed by atoms with Crippen LogP contribution in [0.2, 0.25) is 0 Å². The molecule has 2 aliphatic rings. The van der Waals surface area contributed by atoms with Gasteiger partial charge in [-0.1, -0.05) is 32.6 Å². The fraction of sp³-hybridized carbons (Fsp3) is 1.00. The molecule has 0 saturated heterocycles. The molecule has 0 bridgehead atoms. The molecule has 0 heteroatoms. The third-order valence-electron chi connectivity index (χ3n) is 3.55. The molecule has 0 aromatic carbocycles. The Labute approximate surface area is 64.0 Å². The molecule has 0 aromatic rings. The molecule has 0 radical (unpaired) electrons. The average Bonchev–Trinajstić information content (AvgIpc) is 2.33. The van der Waals surface area contributed by atoms with Gasteiger partial charge in [0, 0.05) is 0 Å². The first-order chi connectivity index (χ1) is 4.86. The monoisotopic (exact) mass is 138 g/mol. The third-order valence-corrected chi connectivity index (χ3v) is 3.55. The molecule has 1 unspecified atom stereocenters. The summed E-state index contributed by atoms with van der Waals surface area (Å²) in [6.07, 6.45) is 9.24. The largest absolute Gasteiger partial charge is 0.0625 e. The van der Waals surface area contributed by atoms with E-state index < -0.39 is 0 Å². The Morgan fingerprint density at radius 3 is 2.60 bits per heavy atom. The number of hydrogen-bond donors (Lipinski definition) is 0. The van der Waals surface area contributed by atoms with Gasteiger partial charge in [0.15, 0.2) is 0 Å². The lowest BCUT2D eigenvalue weighted by Crippen LogP contribution is -2.18. The Morgan fingerprint density at radius 1 is 0.900 bits per heavy atom. The first-order valence-corrected chi connectivity index (χ1v) is 4.86. The summed E-state index contributed by atoms with van der Waals surface area (Å²) in [7, 11) is 0. The van der Waals surface area contributed by atoms with Crippen LogP contribution >= 0.6 is 0 Å². The van der Waals surface area contributed by atoms with Crippen molar-refractivity contribution in [2.75, 3.05) is 0 Å². The van der Waals surface area contributed by atoms with Crippen molar-refractivity contribution in [2.24, 2.45) is 17.8 Å². The molecule has 3 atom stereocenters. The Morgan fingerprint density at radius 2 is 1.70 bits per heavy atom. The maximum Gasteiger partial charge on any atom is -0.0383 e. The number of rotatable bonds is 0. The van der Waals surface area contributed by atoms with E-state index in [1.165, 1.54) is 12.8 Å². The lowest BCUT2D eigenvalue weighted by molar-refractivity contribution is 0.220. The minimum absolute atomic E-state index is 1.04. The van der Waals surface area contributed by atoms with Crippen molar-refractivity contribution in [2.45, 2.75) is 45.4 Å². The van der Waals surface area contributed by atoms with Crippen molar-refractivity contribution in [3.8, 4) is 0 Å². The smallest absolute Gasteiger partial charge is 0.0383 e. The zero-order valence-corrected chi connectivity index (χ0v) is 6.97. The quantitative estimate of drug-likeness (QED) is 0.482. The van der Waals surface area contributed by atoms with Crippen molar-refractivity contribution < 1.29 is 0 Å². The van der Waals surface area contributed by atoms with E-state index in [0.29, 0.717) is 0 Å². The Bertz CT molecular complexity index is 117. The zero-order valence-electron chi connectivity index (χ0n) is 6.97. The van der Waals surface area contributed by atoms with Gasteiger partial charge in [0.2, 0.25) is 0 Å². The van der Waals surface area contributed by atoms with E-state index in [0.717, 1.165) is 17.8 Å². The second-order valence-electron chi connectivity index (χ2n) is 4.37. The van der Waals surface area contributed by atoms with Crippen LogP contribution in [0, 0.1) is 17.8 Å². The van der Waals surface area contributed by atoms with Gasteiger partial charge in [-0.15, -0.1) is 0 Å². The van der Waals surface area contributed by atoms with Gasteiger partial charge in [0.05, 0.1) is 0 Å². The molecule has 0 aromatic heterocycles. The average molecular weight is 138 g/mol. The van der Waals surface area contributed by atoms with Crippen molar-refractivity contribution in [1.29, 1.82) is 0 Å². The van der Waals surface area contributed by atoms with Gasteiger partial charge in [0.1, 0.15) is 0 Å². The summed E-state index contributed by atoms with van der Waals surface area (Å²) >= 11 is 0. The zero-order chi connectivity index (χ0) is 6.97. The van der Waals surface area contributed by atoms with Crippen LogP contribution in [0.15, 0.2) is 0 Å². The van der Waals surface area contributed by atoms with Crippen LogP contribution in [0.5, 0.6) is 0 Å². The predicted molar refractivity (Wildman–Crippen MR) is 43.8 cm³/mol. The van der Waals surface area contributed by atoms with Gasteiger partial charge in [0.25, 0.3) is 0 Å². The molecule has 2 rings (SSSR count). The summed E-state index contributed by atoms with van der Waals surface area (Å²) in [4.78, 5) is 0. The third kappa shape index (κ3) is 1.09. The molecule has 58 valence electrons. The second-order valence-corrected chi connectivity index (χ2v) is 4.37. The van der Waals surface area contributed by atoms with Crippen LogP contribution in [0.3, 0.4) is 0 Å². The van der Waals surface area contributed by atoms with Gasteiger partial charge >= 0.3 is 0 Å². The summed E-state index contributed by atoms with van der Waals surface area (Å²) in [6, 6.07) is 0. The minimum Gasteiger partial charge on any atom is -0.0625 e. The van der Waals surface area contributed by atoms with E-state index >= 15 is 0 Å². The van der Waals surface area contributed by atoms with Crippen LogP contribution in [0.4, 0.5) is 0 Å². The molecule has 10 heavy (non-hydrogen) atoms. The highest BCUT2D eigenvalue weighted by molar-refractivity contribution is 4.83. The fourth-order valence-corrected chi connectivity index (χ4v) is 2.94. The first-order valence-electron chi connectivity index (χ1n) is 4.86. The summed E-state index contributed by atoms with van der Waals surface area (Å²) in [6.45, 7) is 2.43. The highest BCUT2D eigenvalue weighted by Gasteiger charge is 2.31. The SMILES string of the molecule is C[C@@H]1CC[C@@H]2CCCC2C1. The van der Waals surface area contributed by atoms with Crippen molar-refractivity contribution in [3.05, 3.63) is 0 Å². The topological polar surface area (TPSA) is 0 Å². The van der Waals surface area contributed by atoms with Crippen molar-refractivity contribution >= 4 is 0 Å². The van der Waals surface area contributed by atoms with Gasteiger partial charge in [-0.3, -0.25) is 0 Å². The molecule has 0 spiro atoms. The number of fused-ring (bicyclic) bond motifs is 1. The predicted octanol–water partition coefficient (Wildman–Crippen LogP) is 3.22. The van der Waals surface area contributed by atoms with Gasteiger partial charge in [-0.05, 0) is 30.6 Å². The van der Waals surface area contributed by atoms with E-state index in [9.17, 15) is 0 Å². The van der Waals surface area contributed by atoms with E-state index in [1.807, 2.05) is 0 Å². The van der Waals surface area contributed by atoms with Crippen LogP contribution in [-0.2, 0) is 0 Å². The van der Waals surface area contributed by atoms with Crippen LogP contribution < -0.4 is 0 Å². The lowest BCUT2D eigenvalue weighted by atomic mass is 9.77. The molecular formula is C10H18. The Balaban J connectivity index is 1.96. The van der Waals surface area contributed by atoms with Gasteiger partial charge in [-0.2, -0.15) is 0 Å². The van der Waals surface area contributed by atoms with Crippen LogP contribution in [-0.4, -0.2) is 0 Å². The Hall–Kier alpha value is 0. The van der Waals surface area contributed by atoms with Crippen molar-refractivity contribution in [3.63, 3.8) is 0 Å². The van der Waals surface area contributed by atoms with E-state index in [2.05, 4.69) is 6.92 Å². The van der Waals surface area contributed by atoms with E-state index in [-0.39, 0.29) is 0 Å².